The first kappa shape index (κ1) is 26.6. The Hall–Kier alpha value is -4.01. The fourth-order valence-electron chi connectivity index (χ4n) is 3.50. The number of aromatic nitrogens is 4. The molecule has 11 nitrogen and oxygen atoms in total. The lowest BCUT2D eigenvalue weighted by molar-refractivity contribution is 0.0236. The van der Waals surface area contributed by atoms with Gasteiger partial charge in [0.15, 0.2) is 0 Å². The van der Waals surface area contributed by atoms with E-state index in [0.29, 0.717) is 53.1 Å². The van der Waals surface area contributed by atoms with Gasteiger partial charge in [0, 0.05) is 44.8 Å². The molecule has 0 radical (unpaired) electrons. The van der Waals surface area contributed by atoms with Gasteiger partial charge in [0.2, 0.25) is 11.8 Å². The van der Waals surface area contributed by atoms with Gasteiger partial charge in [-0.1, -0.05) is 0 Å². The lowest BCUT2D eigenvalue weighted by Crippen LogP contribution is -2.26. The van der Waals surface area contributed by atoms with Crippen molar-refractivity contribution in [3.8, 4) is 29.1 Å². The van der Waals surface area contributed by atoms with E-state index >= 15 is 0 Å². The number of pyridine rings is 2. The molecule has 0 aromatic carbocycles. The van der Waals surface area contributed by atoms with Crippen LogP contribution in [0.3, 0.4) is 0 Å². The molecule has 4 heterocycles. The standard InChI is InChI=1S/C24H25N7O4.ClH/c1-31(2)24(32)18-4-5-20(30-23(18)33-3)29-21-11-19(27-14-28-21)16-10-15(12-25)22(26-13-16)35-17-6-8-34-9-7-17;/h4-5,10-11,13-14,17H,6-9H2,1-3H3,(H,27,28,29,30);1H. The second-order valence-electron chi connectivity index (χ2n) is 7.98. The van der Waals surface area contributed by atoms with Crippen LogP contribution in [0.5, 0.6) is 11.8 Å². The zero-order valence-electron chi connectivity index (χ0n) is 20.1. The maximum Gasteiger partial charge on any atom is 0.258 e. The van der Waals surface area contributed by atoms with Crippen molar-refractivity contribution >= 4 is 29.9 Å². The van der Waals surface area contributed by atoms with Crippen molar-refractivity contribution in [3.05, 3.63) is 47.9 Å². The number of carbonyl (C=O) groups excluding carboxylic acids is 1. The van der Waals surface area contributed by atoms with E-state index < -0.39 is 0 Å². The van der Waals surface area contributed by atoms with Crippen molar-refractivity contribution in [3.63, 3.8) is 0 Å². The molecule has 1 saturated heterocycles. The smallest absolute Gasteiger partial charge is 0.258 e. The second-order valence-corrected chi connectivity index (χ2v) is 7.98. The van der Waals surface area contributed by atoms with Crippen LogP contribution in [-0.4, -0.2) is 71.3 Å². The fourth-order valence-corrected chi connectivity index (χ4v) is 3.50. The highest BCUT2D eigenvalue weighted by Crippen LogP contribution is 2.27. The predicted molar refractivity (Wildman–Crippen MR) is 134 cm³/mol. The van der Waals surface area contributed by atoms with Gasteiger partial charge in [-0.25, -0.2) is 15.0 Å². The number of amides is 1. The highest BCUT2D eigenvalue weighted by atomic mass is 35.5. The van der Waals surface area contributed by atoms with Crippen LogP contribution in [0.1, 0.15) is 28.8 Å². The monoisotopic (exact) mass is 511 g/mol. The molecule has 1 fully saturated rings. The number of nitrogens with one attached hydrogen (secondary N) is 1. The van der Waals surface area contributed by atoms with Crippen LogP contribution in [-0.2, 0) is 4.74 Å². The molecule has 0 unspecified atom stereocenters. The van der Waals surface area contributed by atoms with Crippen LogP contribution in [0.15, 0.2) is 36.8 Å². The molecule has 12 heteroatoms. The molecule has 188 valence electrons. The Labute approximate surface area is 214 Å². The van der Waals surface area contributed by atoms with Crippen LogP contribution in [0.25, 0.3) is 11.3 Å². The normalized spacial score (nSPS) is 13.2. The Morgan fingerprint density at radius 3 is 2.61 bits per heavy atom. The topological polar surface area (TPSA) is 135 Å². The molecule has 0 aliphatic carbocycles. The van der Waals surface area contributed by atoms with E-state index in [9.17, 15) is 10.1 Å². The first-order valence-electron chi connectivity index (χ1n) is 11.0. The maximum atomic E-state index is 12.3. The van der Waals surface area contributed by atoms with Gasteiger partial charge >= 0.3 is 0 Å². The molecule has 3 aromatic rings. The van der Waals surface area contributed by atoms with Crippen molar-refractivity contribution in [2.45, 2.75) is 18.9 Å². The summed E-state index contributed by atoms with van der Waals surface area (Å²) in [4.78, 5) is 31.0. The van der Waals surface area contributed by atoms with Gasteiger partial charge in [-0.2, -0.15) is 10.2 Å². The summed E-state index contributed by atoms with van der Waals surface area (Å²) in [5, 5.41) is 12.7. The van der Waals surface area contributed by atoms with E-state index in [-0.39, 0.29) is 30.3 Å². The lowest BCUT2D eigenvalue weighted by Gasteiger charge is -2.23. The molecule has 0 bridgehead atoms. The first-order chi connectivity index (χ1) is 17.0. The summed E-state index contributed by atoms with van der Waals surface area (Å²) in [5.74, 6) is 1.20. The van der Waals surface area contributed by atoms with Gasteiger partial charge < -0.3 is 24.4 Å². The Kier molecular flexibility index (Phi) is 8.94. The molecule has 3 aromatic heterocycles. The molecular formula is C24H26ClN7O4. The summed E-state index contributed by atoms with van der Waals surface area (Å²) in [6.45, 7) is 1.27. The number of halogens is 1. The molecule has 4 rings (SSSR count). The van der Waals surface area contributed by atoms with E-state index in [0.717, 1.165) is 12.8 Å². The summed E-state index contributed by atoms with van der Waals surface area (Å²) in [7, 11) is 4.77. The SMILES string of the molecule is COc1nc(Nc2cc(-c3cnc(OC4CCOCC4)c(C#N)c3)ncn2)ccc1C(=O)N(C)C.Cl. The van der Waals surface area contributed by atoms with Gasteiger partial charge in [0.05, 0.1) is 26.0 Å². The molecule has 1 aliphatic heterocycles. The van der Waals surface area contributed by atoms with Gasteiger partial charge in [0.1, 0.15) is 41.3 Å². The Balaban J connectivity index is 0.00000361. The summed E-state index contributed by atoms with van der Waals surface area (Å²) in [6, 6.07) is 8.86. The van der Waals surface area contributed by atoms with E-state index in [4.69, 9.17) is 14.2 Å². The fraction of sp³-hybridized carbons (Fsp3) is 0.333. The van der Waals surface area contributed by atoms with Crippen LogP contribution in [0.4, 0.5) is 11.6 Å². The zero-order chi connectivity index (χ0) is 24.8. The maximum absolute atomic E-state index is 12.3. The number of nitrogens with zero attached hydrogens (tertiary/aromatic N) is 6. The summed E-state index contributed by atoms with van der Waals surface area (Å²) in [5.41, 5.74) is 1.89. The number of carbonyl (C=O) groups is 1. The van der Waals surface area contributed by atoms with E-state index in [1.54, 1.807) is 44.6 Å². The van der Waals surface area contributed by atoms with Gasteiger partial charge in [0.25, 0.3) is 5.91 Å². The van der Waals surface area contributed by atoms with Gasteiger partial charge in [-0.05, 0) is 18.2 Å². The minimum absolute atomic E-state index is 0. The van der Waals surface area contributed by atoms with Crippen molar-refractivity contribution in [2.75, 3.05) is 39.7 Å². The third-order valence-corrected chi connectivity index (χ3v) is 5.33. The largest absolute Gasteiger partial charge is 0.480 e. The molecule has 1 aliphatic rings. The number of methoxy groups -OCH3 is 1. The molecule has 0 saturated carbocycles. The van der Waals surface area contributed by atoms with Gasteiger partial charge in [-0.3, -0.25) is 4.79 Å². The Morgan fingerprint density at radius 1 is 1.14 bits per heavy atom. The first-order valence-corrected chi connectivity index (χ1v) is 11.0. The zero-order valence-corrected chi connectivity index (χ0v) is 20.9. The summed E-state index contributed by atoms with van der Waals surface area (Å²) >= 11 is 0. The Morgan fingerprint density at radius 2 is 1.92 bits per heavy atom. The van der Waals surface area contributed by atoms with E-state index in [1.807, 2.05) is 0 Å². The quantitative estimate of drug-likeness (QED) is 0.503. The Bertz CT molecular complexity index is 1260. The van der Waals surface area contributed by atoms with Crippen LogP contribution < -0.4 is 14.8 Å². The molecule has 36 heavy (non-hydrogen) atoms. The molecule has 1 amide bonds. The number of hydrogen-bond donors (Lipinski definition) is 1. The van der Waals surface area contributed by atoms with Crippen molar-refractivity contribution in [1.82, 2.24) is 24.8 Å². The van der Waals surface area contributed by atoms with Crippen LogP contribution in [0.2, 0.25) is 0 Å². The van der Waals surface area contributed by atoms with Crippen molar-refractivity contribution in [2.24, 2.45) is 0 Å². The second kappa shape index (κ2) is 12.1. The predicted octanol–water partition coefficient (Wildman–Crippen LogP) is 3.24. The van der Waals surface area contributed by atoms with Crippen LogP contribution >= 0.6 is 12.4 Å². The molecule has 0 spiro atoms. The van der Waals surface area contributed by atoms with E-state index in [2.05, 4.69) is 31.3 Å². The van der Waals surface area contributed by atoms with E-state index in [1.165, 1.54) is 18.3 Å². The third-order valence-electron chi connectivity index (χ3n) is 5.33. The van der Waals surface area contributed by atoms with Crippen molar-refractivity contribution < 1.29 is 19.0 Å². The number of anilines is 2. The van der Waals surface area contributed by atoms with Crippen LogP contribution in [0, 0.1) is 11.3 Å². The average Bonchev–Trinajstić information content (AvgIpc) is 2.89. The number of nitriles is 1. The highest BCUT2D eigenvalue weighted by molar-refractivity contribution is 5.96. The minimum atomic E-state index is -0.213. The molecule has 1 N–H and O–H groups in total. The lowest BCUT2D eigenvalue weighted by atomic mass is 10.1. The number of rotatable bonds is 7. The highest BCUT2D eigenvalue weighted by Gasteiger charge is 2.19. The average molecular weight is 512 g/mol. The minimum Gasteiger partial charge on any atom is -0.480 e. The third kappa shape index (κ3) is 6.16. The molecular weight excluding hydrogens is 486 g/mol. The summed E-state index contributed by atoms with van der Waals surface area (Å²) < 4.78 is 16.6. The van der Waals surface area contributed by atoms with Gasteiger partial charge in [-0.15, -0.1) is 12.4 Å². The summed E-state index contributed by atoms with van der Waals surface area (Å²) in [6.07, 6.45) is 4.52. The number of ether oxygens (including phenoxy) is 3. The number of hydrogen-bond acceptors (Lipinski definition) is 10. The van der Waals surface area contributed by atoms with Crippen molar-refractivity contribution in [1.29, 1.82) is 5.26 Å². The molecule has 0 atom stereocenters.